The van der Waals surface area contributed by atoms with Gasteiger partial charge < -0.3 is 20.4 Å². The minimum atomic E-state index is -0.0363. The average Bonchev–Trinajstić information content (AvgIpc) is 2.76. The van der Waals surface area contributed by atoms with Crippen LogP contribution < -0.4 is 15.5 Å². The molecule has 0 atom stereocenters. The van der Waals surface area contributed by atoms with Crippen LogP contribution in [0.1, 0.15) is 22.8 Å². The first-order valence-electron chi connectivity index (χ1n) is 9.84. The molecule has 6 nitrogen and oxygen atoms in total. The summed E-state index contributed by atoms with van der Waals surface area (Å²) in [6.45, 7) is 6.97. The summed E-state index contributed by atoms with van der Waals surface area (Å²) in [5.41, 5.74) is 3.02. The van der Waals surface area contributed by atoms with Gasteiger partial charge in [-0.2, -0.15) is 0 Å². The highest BCUT2D eigenvalue weighted by Gasteiger charge is 2.19. The van der Waals surface area contributed by atoms with Gasteiger partial charge in [0, 0.05) is 57.6 Å². The van der Waals surface area contributed by atoms with E-state index in [0.717, 1.165) is 37.7 Å². The van der Waals surface area contributed by atoms with Crippen LogP contribution in [-0.4, -0.2) is 56.5 Å². The summed E-state index contributed by atoms with van der Waals surface area (Å²) >= 11 is 0. The number of hydrogen-bond acceptors (Lipinski definition) is 3. The van der Waals surface area contributed by atoms with Gasteiger partial charge in [-0.25, -0.2) is 0 Å². The third-order valence-corrected chi connectivity index (χ3v) is 4.89. The number of hydrogen-bond donors (Lipinski definition) is 2. The molecule has 1 aliphatic rings. The van der Waals surface area contributed by atoms with Crippen molar-refractivity contribution < 1.29 is 4.79 Å². The van der Waals surface area contributed by atoms with Gasteiger partial charge >= 0.3 is 0 Å². The molecule has 0 unspecified atom stereocenters. The molecular formula is C22H30IN5O. The lowest BCUT2D eigenvalue weighted by Crippen LogP contribution is -2.52. The third kappa shape index (κ3) is 6.35. The number of piperazine rings is 1. The molecule has 0 radical (unpaired) electrons. The van der Waals surface area contributed by atoms with E-state index in [1.165, 1.54) is 5.69 Å². The Labute approximate surface area is 190 Å². The average molecular weight is 507 g/mol. The van der Waals surface area contributed by atoms with Gasteiger partial charge in [-0.3, -0.25) is 9.79 Å². The van der Waals surface area contributed by atoms with Gasteiger partial charge in [0.15, 0.2) is 5.96 Å². The Morgan fingerprint density at radius 1 is 1.00 bits per heavy atom. The van der Waals surface area contributed by atoms with Crippen LogP contribution in [-0.2, 0) is 6.54 Å². The number of carbonyl (C=O) groups excluding carboxylic acids is 1. The molecule has 0 spiro atoms. The second-order valence-corrected chi connectivity index (χ2v) is 6.77. The molecule has 1 aliphatic heterocycles. The molecule has 1 amide bonds. The molecule has 7 heteroatoms. The van der Waals surface area contributed by atoms with Crippen molar-refractivity contribution in [3.63, 3.8) is 0 Å². The van der Waals surface area contributed by atoms with Gasteiger partial charge in [-0.1, -0.05) is 30.3 Å². The van der Waals surface area contributed by atoms with E-state index >= 15 is 0 Å². The molecule has 0 bridgehead atoms. The van der Waals surface area contributed by atoms with Crippen molar-refractivity contribution in [2.45, 2.75) is 13.5 Å². The lowest BCUT2D eigenvalue weighted by atomic mass is 10.1. The number of nitrogens with zero attached hydrogens (tertiary/aromatic N) is 3. The van der Waals surface area contributed by atoms with E-state index < -0.39 is 0 Å². The molecule has 2 N–H and O–H groups in total. The Bertz CT molecular complexity index is 804. The van der Waals surface area contributed by atoms with E-state index in [4.69, 9.17) is 0 Å². The second-order valence-electron chi connectivity index (χ2n) is 6.77. The van der Waals surface area contributed by atoms with Crippen molar-refractivity contribution in [2.24, 2.45) is 4.99 Å². The predicted octanol–water partition coefficient (Wildman–Crippen LogP) is 2.95. The maximum atomic E-state index is 12.0. The lowest BCUT2D eigenvalue weighted by Gasteiger charge is -2.37. The Morgan fingerprint density at radius 2 is 1.72 bits per heavy atom. The van der Waals surface area contributed by atoms with Crippen molar-refractivity contribution >= 4 is 41.5 Å². The zero-order valence-electron chi connectivity index (χ0n) is 17.1. The Morgan fingerprint density at radius 3 is 2.38 bits per heavy atom. The summed E-state index contributed by atoms with van der Waals surface area (Å²) in [4.78, 5) is 21.2. The van der Waals surface area contributed by atoms with Crippen LogP contribution in [0.4, 0.5) is 5.69 Å². The zero-order valence-corrected chi connectivity index (χ0v) is 19.4. The number of guanidine groups is 1. The van der Waals surface area contributed by atoms with Crippen molar-refractivity contribution in [1.82, 2.24) is 15.5 Å². The van der Waals surface area contributed by atoms with Crippen LogP contribution in [0.2, 0.25) is 0 Å². The van der Waals surface area contributed by atoms with Gasteiger partial charge in [-0.05, 0) is 36.8 Å². The van der Waals surface area contributed by atoms with Crippen LogP contribution in [0.5, 0.6) is 0 Å². The van der Waals surface area contributed by atoms with Gasteiger partial charge in [-0.15, -0.1) is 24.0 Å². The van der Waals surface area contributed by atoms with Crippen molar-refractivity contribution in [1.29, 1.82) is 0 Å². The summed E-state index contributed by atoms with van der Waals surface area (Å²) in [5.74, 6) is 0.863. The fourth-order valence-electron chi connectivity index (χ4n) is 3.41. The minimum absolute atomic E-state index is 0. The molecule has 1 heterocycles. The third-order valence-electron chi connectivity index (χ3n) is 4.89. The smallest absolute Gasteiger partial charge is 0.251 e. The van der Waals surface area contributed by atoms with Gasteiger partial charge in [0.2, 0.25) is 0 Å². The summed E-state index contributed by atoms with van der Waals surface area (Å²) in [6, 6.07) is 18.2. The zero-order chi connectivity index (χ0) is 19.8. The summed E-state index contributed by atoms with van der Waals surface area (Å²) < 4.78 is 0. The number of halogens is 1. The van der Waals surface area contributed by atoms with Gasteiger partial charge in [0.1, 0.15) is 0 Å². The fourth-order valence-corrected chi connectivity index (χ4v) is 3.41. The molecule has 1 saturated heterocycles. The van der Waals surface area contributed by atoms with Crippen molar-refractivity contribution in [3.05, 3.63) is 65.7 Å². The van der Waals surface area contributed by atoms with Crippen molar-refractivity contribution in [3.8, 4) is 0 Å². The molecule has 2 aromatic rings. The number of rotatable bonds is 5. The maximum absolute atomic E-state index is 12.0. The molecule has 0 saturated carbocycles. The van der Waals surface area contributed by atoms with E-state index in [1.54, 1.807) is 0 Å². The first-order valence-corrected chi connectivity index (χ1v) is 9.84. The van der Waals surface area contributed by atoms with Crippen LogP contribution in [0, 0.1) is 0 Å². The van der Waals surface area contributed by atoms with E-state index in [0.29, 0.717) is 18.7 Å². The van der Waals surface area contributed by atoms with E-state index in [-0.39, 0.29) is 29.9 Å². The van der Waals surface area contributed by atoms with Crippen LogP contribution in [0.15, 0.2) is 59.6 Å². The largest absolute Gasteiger partial charge is 0.368 e. The molecule has 1 fully saturated rings. The molecule has 0 aromatic heterocycles. The first kappa shape index (κ1) is 23.0. The predicted molar refractivity (Wildman–Crippen MR) is 130 cm³/mol. The number of carbonyl (C=O) groups is 1. The lowest BCUT2D eigenvalue weighted by molar-refractivity contribution is 0.0955. The van der Waals surface area contributed by atoms with Crippen LogP contribution in [0.25, 0.3) is 0 Å². The summed E-state index contributed by atoms with van der Waals surface area (Å²) in [7, 11) is 1.82. The number of anilines is 1. The van der Waals surface area contributed by atoms with Crippen LogP contribution >= 0.6 is 24.0 Å². The number of para-hydroxylation sites is 1. The van der Waals surface area contributed by atoms with E-state index in [9.17, 15) is 4.79 Å². The number of amides is 1. The Hall–Kier alpha value is -2.29. The van der Waals surface area contributed by atoms with E-state index in [1.807, 2.05) is 44.3 Å². The quantitative estimate of drug-likeness (QED) is 0.371. The first-order chi connectivity index (χ1) is 13.7. The molecule has 3 rings (SSSR count). The fraction of sp³-hybridized carbons (Fsp3) is 0.364. The van der Waals surface area contributed by atoms with E-state index in [2.05, 4.69) is 49.7 Å². The highest BCUT2D eigenvalue weighted by Crippen LogP contribution is 2.15. The van der Waals surface area contributed by atoms with Crippen LogP contribution in [0.3, 0.4) is 0 Å². The normalized spacial score (nSPS) is 14.2. The number of nitrogens with one attached hydrogen (secondary N) is 2. The SMILES string of the molecule is CCNC(=O)c1cccc(CNC(=NC)N2CCN(c3ccccc3)CC2)c1.I. The minimum Gasteiger partial charge on any atom is -0.368 e. The standard InChI is InChI=1S/C22H29N5O.HI/c1-3-24-21(28)19-9-7-8-18(16-19)17-25-22(23-2)27-14-12-26(13-15-27)20-10-5-4-6-11-20;/h4-11,16H,3,12-15,17H2,1-2H3,(H,23,25)(H,24,28);1H. The van der Waals surface area contributed by atoms with Gasteiger partial charge in [0.05, 0.1) is 0 Å². The maximum Gasteiger partial charge on any atom is 0.251 e. The number of aliphatic imine (C=N–C) groups is 1. The molecule has 29 heavy (non-hydrogen) atoms. The highest BCUT2D eigenvalue weighted by atomic mass is 127. The molecule has 156 valence electrons. The summed E-state index contributed by atoms with van der Waals surface area (Å²) in [6.07, 6.45) is 0. The summed E-state index contributed by atoms with van der Waals surface area (Å²) in [5, 5.41) is 6.27. The second kappa shape index (κ2) is 11.6. The Kier molecular flexibility index (Phi) is 9.24. The topological polar surface area (TPSA) is 60.0 Å². The Balaban J connectivity index is 0.00000300. The monoisotopic (exact) mass is 507 g/mol. The highest BCUT2D eigenvalue weighted by molar-refractivity contribution is 14.0. The number of benzene rings is 2. The van der Waals surface area contributed by atoms with Crippen molar-refractivity contribution in [2.75, 3.05) is 44.7 Å². The molecular weight excluding hydrogens is 477 g/mol. The van der Waals surface area contributed by atoms with Gasteiger partial charge in [0.25, 0.3) is 5.91 Å². The molecule has 2 aromatic carbocycles. The molecule has 0 aliphatic carbocycles.